The lowest BCUT2D eigenvalue weighted by Crippen LogP contribution is -2.01. The molecule has 0 atom stereocenters. The SMILES string of the molecule is COC(=O)c1c(SC)sc2c1[nH]c1ccccc12. The number of aromatic nitrogens is 1. The van der Waals surface area contributed by atoms with Gasteiger partial charge in [0, 0.05) is 10.9 Å². The van der Waals surface area contributed by atoms with Crippen LogP contribution < -0.4 is 0 Å². The monoisotopic (exact) mass is 277 g/mol. The molecule has 0 saturated carbocycles. The number of benzene rings is 1. The summed E-state index contributed by atoms with van der Waals surface area (Å²) in [6.07, 6.45) is 1.97. The molecule has 0 bridgehead atoms. The number of methoxy groups -OCH3 is 1. The van der Waals surface area contributed by atoms with Crippen LogP contribution in [0.5, 0.6) is 0 Å². The van der Waals surface area contributed by atoms with Crippen LogP contribution in [-0.4, -0.2) is 24.3 Å². The molecule has 0 saturated heterocycles. The lowest BCUT2D eigenvalue weighted by atomic mass is 10.2. The van der Waals surface area contributed by atoms with Gasteiger partial charge < -0.3 is 9.72 Å². The van der Waals surface area contributed by atoms with Crippen molar-refractivity contribution in [2.24, 2.45) is 0 Å². The third kappa shape index (κ3) is 1.54. The van der Waals surface area contributed by atoms with Gasteiger partial charge in [0.25, 0.3) is 0 Å². The van der Waals surface area contributed by atoms with Gasteiger partial charge >= 0.3 is 5.97 Å². The molecule has 1 aromatic carbocycles. The molecule has 3 rings (SSSR count). The summed E-state index contributed by atoms with van der Waals surface area (Å²) in [5, 5.41) is 1.16. The number of nitrogens with one attached hydrogen (secondary N) is 1. The maximum atomic E-state index is 11.9. The maximum absolute atomic E-state index is 11.9. The molecule has 2 heterocycles. The van der Waals surface area contributed by atoms with Crippen molar-refractivity contribution in [2.75, 3.05) is 13.4 Å². The highest BCUT2D eigenvalue weighted by Crippen LogP contribution is 2.40. The molecule has 0 spiro atoms. The third-order valence-electron chi connectivity index (χ3n) is 2.88. The Bertz CT molecular complexity index is 742. The summed E-state index contributed by atoms with van der Waals surface area (Å²) in [7, 11) is 1.42. The molecular weight excluding hydrogens is 266 g/mol. The summed E-state index contributed by atoms with van der Waals surface area (Å²) in [6, 6.07) is 8.07. The van der Waals surface area contributed by atoms with Crippen molar-refractivity contribution in [3.63, 3.8) is 0 Å². The molecule has 92 valence electrons. The Labute approximate surface area is 112 Å². The van der Waals surface area contributed by atoms with E-state index in [0.717, 1.165) is 25.3 Å². The van der Waals surface area contributed by atoms with Crippen LogP contribution in [0.25, 0.3) is 21.1 Å². The molecule has 3 aromatic rings. The topological polar surface area (TPSA) is 42.1 Å². The number of rotatable bonds is 2. The van der Waals surface area contributed by atoms with E-state index in [1.807, 2.05) is 24.5 Å². The van der Waals surface area contributed by atoms with Crippen molar-refractivity contribution >= 4 is 50.2 Å². The summed E-state index contributed by atoms with van der Waals surface area (Å²) in [5.74, 6) is -0.280. The van der Waals surface area contributed by atoms with Crippen LogP contribution in [0, 0.1) is 0 Å². The second-order valence-corrected chi connectivity index (χ2v) is 5.93. The number of aromatic amines is 1. The first-order chi connectivity index (χ1) is 8.76. The molecule has 2 aromatic heterocycles. The number of hydrogen-bond donors (Lipinski definition) is 1. The van der Waals surface area contributed by atoms with E-state index in [1.54, 1.807) is 23.1 Å². The number of hydrogen-bond acceptors (Lipinski definition) is 4. The Morgan fingerprint density at radius 2 is 2.17 bits per heavy atom. The van der Waals surface area contributed by atoms with E-state index < -0.39 is 0 Å². The Balaban J connectivity index is 2.41. The zero-order valence-electron chi connectivity index (χ0n) is 9.94. The molecule has 0 fully saturated rings. The Hall–Kier alpha value is -1.46. The fourth-order valence-electron chi connectivity index (χ4n) is 2.08. The molecule has 0 amide bonds. The third-order valence-corrected chi connectivity index (χ3v) is 5.22. The van der Waals surface area contributed by atoms with Gasteiger partial charge in [0.05, 0.1) is 21.5 Å². The van der Waals surface area contributed by atoms with Crippen molar-refractivity contribution in [3.05, 3.63) is 29.8 Å². The zero-order chi connectivity index (χ0) is 12.7. The molecular formula is C13H11NO2S2. The number of thioether (sulfide) groups is 1. The van der Waals surface area contributed by atoms with Crippen molar-refractivity contribution in [1.82, 2.24) is 4.98 Å². The smallest absolute Gasteiger partial charge is 0.342 e. The van der Waals surface area contributed by atoms with E-state index in [1.165, 1.54) is 7.11 Å². The molecule has 5 heteroatoms. The molecule has 0 aliphatic heterocycles. The van der Waals surface area contributed by atoms with Crippen LogP contribution in [-0.2, 0) is 4.74 Å². The van der Waals surface area contributed by atoms with Crippen molar-refractivity contribution in [3.8, 4) is 0 Å². The summed E-state index contributed by atoms with van der Waals surface area (Å²) >= 11 is 3.21. The van der Waals surface area contributed by atoms with Crippen molar-refractivity contribution in [1.29, 1.82) is 0 Å². The average molecular weight is 277 g/mol. The van der Waals surface area contributed by atoms with Gasteiger partial charge in [0.1, 0.15) is 5.56 Å². The van der Waals surface area contributed by atoms with E-state index >= 15 is 0 Å². The minimum atomic E-state index is -0.280. The van der Waals surface area contributed by atoms with Crippen LogP contribution in [0.2, 0.25) is 0 Å². The number of esters is 1. The van der Waals surface area contributed by atoms with Gasteiger partial charge in [0.15, 0.2) is 0 Å². The second kappa shape index (κ2) is 4.33. The Kier molecular flexibility index (Phi) is 2.80. The van der Waals surface area contributed by atoms with Crippen LogP contribution in [0.1, 0.15) is 10.4 Å². The van der Waals surface area contributed by atoms with E-state index in [4.69, 9.17) is 4.74 Å². The molecule has 0 radical (unpaired) electrons. The molecule has 18 heavy (non-hydrogen) atoms. The maximum Gasteiger partial charge on any atom is 0.342 e. The first-order valence-corrected chi connectivity index (χ1v) is 7.46. The van der Waals surface area contributed by atoms with Crippen molar-refractivity contribution in [2.45, 2.75) is 4.21 Å². The number of fused-ring (bicyclic) bond motifs is 3. The summed E-state index contributed by atoms with van der Waals surface area (Å²) < 4.78 is 6.99. The zero-order valence-corrected chi connectivity index (χ0v) is 11.6. The van der Waals surface area contributed by atoms with Crippen LogP contribution in [0.3, 0.4) is 0 Å². The number of para-hydroxylation sites is 1. The predicted octanol–water partition coefficient (Wildman–Crippen LogP) is 3.89. The van der Waals surface area contributed by atoms with E-state index in [0.29, 0.717) is 5.56 Å². The van der Waals surface area contributed by atoms with Gasteiger partial charge in [-0.2, -0.15) is 0 Å². The Morgan fingerprint density at radius 3 is 2.89 bits per heavy atom. The highest BCUT2D eigenvalue weighted by molar-refractivity contribution is 8.00. The molecule has 3 nitrogen and oxygen atoms in total. The quantitative estimate of drug-likeness (QED) is 0.571. The van der Waals surface area contributed by atoms with Gasteiger partial charge in [-0.05, 0) is 12.3 Å². The number of ether oxygens (including phenoxy) is 1. The van der Waals surface area contributed by atoms with Crippen molar-refractivity contribution < 1.29 is 9.53 Å². The minimum Gasteiger partial charge on any atom is -0.465 e. The predicted molar refractivity (Wildman–Crippen MR) is 76.8 cm³/mol. The average Bonchev–Trinajstić information content (AvgIpc) is 2.92. The van der Waals surface area contributed by atoms with Gasteiger partial charge in [0.2, 0.25) is 0 Å². The van der Waals surface area contributed by atoms with Gasteiger partial charge in [-0.25, -0.2) is 4.79 Å². The van der Waals surface area contributed by atoms with E-state index in [9.17, 15) is 4.79 Å². The molecule has 0 aliphatic carbocycles. The highest BCUT2D eigenvalue weighted by Gasteiger charge is 2.22. The normalized spacial score (nSPS) is 11.2. The van der Waals surface area contributed by atoms with E-state index in [2.05, 4.69) is 11.1 Å². The first-order valence-electron chi connectivity index (χ1n) is 5.41. The molecule has 0 aliphatic rings. The van der Waals surface area contributed by atoms with Gasteiger partial charge in [-0.15, -0.1) is 23.1 Å². The van der Waals surface area contributed by atoms with Crippen LogP contribution in [0.15, 0.2) is 28.5 Å². The molecule has 1 N–H and O–H groups in total. The number of carbonyl (C=O) groups excluding carboxylic acids is 1. The summed E-state index contributed by atoms with van der Waals surface area (Å²) in [6.45, 7) is 0. The summed E-state index contributed by atoms with van der Waals surface area (Å²) in [4.78, 5) is 15.2. The van der Waals surface area contributed by atoms with Gasteiger partial charge in [-0.1, -0.05) is 18.2 Å². The van der Waals surface area contributed by atoms with E-state index in [-0.39, 0.29) is 5.97 Å². The van der Waals surface area contributed by atoms with Crippen LogP contribution in [0.4, 0.5) is 0 Å². The standard InChI is InChI=1S/C13H11NO2S2/c1-16-12(15)9-10-11(18-13(9)17-2)7-5-3-4-6-8(7)14-10/h3-6,14H,1-2H3. The number of carbonyl (C=O) groups is 1. The highest BCUT2D eigenvalue weighted by atomic mass is 32.2. The minimum absolute atomic E-state index is 0.280. The fraction of sp³-hybridized carbons (Fsp3) is 0.154. The lowest BCUT2D eigenvalue weighted by molar-refractivity contribution is 0.0600. The molecule has 0 unspecified atom stereocenters. The largest absolute Gasteiger partial charge is 0.465 e. The first kappa shape index (κ1) is 11.6. The summed E-state index contributed by atoms with van der Waals surface area (Å²) in [5.41, 5.74) is 2.59. The lowest BCUT2D eigenvalue weighted by Gasteiger charge is -1.98. The second-order valence-electron chi connectivity index (χ2n) is 3.83. The Morgan fingerprint density at radius 1 is 1.39 bits per heavy atom. The number of H-pyrrole nitrogens is 1. The van der Waals surface area contributed by atoms with Crippen LogP contribution >= 0.6 is 23.1 Å². The van der Waals surface area contributed by atoms with Gasteiger partial charge in [-0.3, -0.25) is 0 Å². The fourth-order valence-corrected chi connectivity index (χ4v) is 4.06. The number of thiophene rings is 1.